The lowest BCUT2D eigenvalue weighted by Gasteiger charge is -2.34. The summed E-state index contributed by atoms with van der Waals surface area (Å²) in [7, 11) is 3.38. The zero-order valence-electron chi connectivity index (χ0n) is 13.9. The molecule has 1 aliphatic heterocycles. The number of piperazine rings is 1. The van der Waals surface area contributed by atoms with Crippen molar-refractivity contribution in [3.63, 3.8) is 0 Å². The summed E-state index contributed by atoms with van der Waals surface area (Å²) in [5.74, 6) is 0.424. The lowest BCUT2D eigenvalue weighted by molar-refractivity contribution is 0.0627. The van der Waals surface area contributed by atoms with Crippen LogP contribution in [0.5, 0.6) is 5.75 Å². The van der Waals surface area contributed by atoms with E-state index in [1.54, 1.807) is 37.3 Å². The lowest BCUT2D eigenvalue weighted by atomic mass is 10.1. The maximum absolute atomic E-state index is 13.5. The predicted octanol–water partition coefficient (Wildman–Crippen LogP) is 1.53. The van der Waals surface area contributed by atoms with Crippen LogP contribution < -0.4 is 4.74 Å². The van der Waals surface area contributed by atoms with E-state index in [4.69, 9.17) is 4.74 Å². The number of hydrogen-bond acceptors (Lipinski definition) is 4. The third kappa shape index (κ3) is 3.56. The van der Waals surface area contributed by atoms with E-state index >= 15 is 0 Å². The molecule has 0 saturated carbocycles. The fraction of sp³-hybridized carbons (Fsp3) is 0.412. The van der Waals surface area contributed by atoms with Gasteiger partial charge >= 0.3 is 0 Å². The van der Waals surface area contributed by atoms with Crippen LogP contribution in [0.3, 0.4) is 0 Å². The molecule has 0 radical (unpaired) electrons. The zero-order valence-corrected chi connectivity index (χ0v) is 13.9. The molecule has 0 bridgehead atoms. The van der Waals surface area contributed by atoms with Crippen molar-refractivity contribution >= 4 is 5.91 Å². The fourth-order valence-corrected chi connectivity index (χ4v) is 2.93. The first-order chi connectivity index (χ1) is 11.6. The third-order valence-corrected chi connectivity index (χ3v) is 4.25. The van der Waals surface area contributed by atoms with Crippen LogP contribution in [-0.4, -0.2) is 58.8 Å². The first-order valence-corrected chi connectivity index (χ1v) is 7.89. The van der Waals surface area contributed by atoms with Crippen LogP contribution in [0.4, 0.5) is 4.39 Å². The van der Waals surface area contributed by atoms with Gasteiger partial charge in [0.15, 0.2) is 0 Å². The Morgan fingerprint density at radius 3 is 2.67 bits per heavy atom. The second-order valence-electron chi connectivity index (χ2n) is 5.93. The minimum Gasteiger partial charge on any atom is -0.496 e. The summed E-state index contributed by atoms with van der Waals surface area (Å²) in [6.07, 6.45) is 3.32. The average molecular weight is 332 g/mol. The minimum absolute atomic E-state index is 0.00564. The minimum atomic E-state index is -0.267. The Morgan fingerprint density at radius 1 is 1.29 bits per heavy atom. The quantitative estimate of drug-likeness (QED) is 0.852. The van der Waals surface area contributed by atoms with Crippen molar-refractivity contribution in [1.29, 1.82) is 0 Å². The van der Waals surface area contributed by atoms with Crippen LogP contribution in [0, 0.1) is 5.82 Å². The molecule has 1 aromatic carbocycles. The highest BCUT2D eigenvalue weighted by Crippen LogP contribution is 2.22. The first kappa shape index (κ1) is 16.4. The Morgan fingerprint density at radius 2 is 2.04 bits per heavy atom. The highest BCUT2D eigenvalue weighted by Gasteiger charge is 2.23. The van der Waals surface area contributed by atoms with Crippen LogP contribution in [0.2, 0.25) is 0 Å². The monoisotopic (exact) mass is 332 g/mol. The molecule has 0 unspecified atom stereocenters. The van der Waals surface area contributed by atoms with E-state index in [-0.39, 0.29) is 11.7 Å². The third-order valence-electron chi connectivity index (χ3n) is 4.25. The second-order valence-corrected chi connectivity index (χ2v) is 5.93. The number of amides is 1. The molecule has 1 fully saturated rings. The van der Waals surface area contributed by atoms with Crippen LogP contribution in [0.15, 0.2) is 30.6 Å². The molecular weight excluding hydrogens is 311 g/mol. The van der Waals surface area contributed by atoms with Crippen molar-refractivity contribution in [1.82, 2.24) is 19.6 Å². The Hall–Kier alpha value is -2.41. The van der Waals surface area contributed by atoms with Gasteiger partial charge in [0.05, 0.1) is 18.9 Å². The van der Waals surface area contributed by atoms with E-state index < -0.39 is 0 Å². The number of carbonyl (C=O) groups is 1. The highest BCUT2D eigenvalue weighted by molar-refractivity contribution is 5.93. The van der Waals surface area contributed by atoms with Gasteiger partial charge in [0.25, 0.3) is 5.91 Å². The van der Waals surface area contributed by atoms with Crippen LogP contribution in [0.1, 0.15) is 15.9 Å². The van der Waals surface area contributed by atoms with Gasteiger partial charge in [-0.1, -0.05) is 0 Å². The van der Waals surface area contributed by atoms with Crippen molar-refractivity contribution in [2.45, 2.75) is 6.54 Å². The van der Waals surface area contributed by atoms with E-state index in [9.17, 15) is 9.18 Å². The number of aromatic nitrogens is 2. The van der Waals surface area contributed by atoms with Gasteiger partial charge in [-0.05, 0) is 18.2 Å². The second kappa shape index (κ2) is 7.00. The maximum Gasteiger partial charge on any atom is 0.257 e. The summed E-state index contributed by atoms with van der Waals surface area (Å²) in [6.45, 7) is 3.38. The molecule has 1 amide bonds. The SMILES string of the molecule is COc1ccc(F)cc1CN1CCN(C(=O)c2cnn(C)c2)CC1. The Balaban J connectivity index is 1.59. The molecule has 6 nitrogen and oxygen atoms in total. The van der Waals surface area contributed by atoms with E-state index in [0.717, 1.165) is 18.7 Å². The maximum atomic E-state index is 13.5. The molecule has 0 aliphatic carbocycles. The van der Waals surface area contributed by atoms with E-state index in [1.807, 2.05) is 4.90 Å². The molecular formula is C17H21FN4O2. The van der Waals surface area contributed by atoms with Gasteiger partial charge in [0.1, 0.15) is 11.6 Å². The molecule has 7 heteroatoms. The van der Waals surface area contributed by atoms with E-state index in [0.29, 0.717) is 30.9 Å². The topological polar surface area (TPSA) is 50.6 Å². The van der Waals surface area contributed by atoms with Crippen LogP contribution in [0.25, 0.3) is 0 Å². The summed E-state index contributed by atoms with van der Waals surface area (Å²) < 4.78 is 20.4. The highest BCUT2D eigenvalue weighted by atomic mass is 19.1. The molecule has 1 saturated heterocycles. The predicted molar refractivity (Wildman–Crippen MR) is 87.3 cm³/mol. The standard InChI is InChI=1S/C17H21FN4O2/c1-20-11-14(10-19-20)17(23)22-7-5-21(6-8-22)12-13-9-15(18)3-4-16(13)24-2/h3-4,9-11H,5-8,12H2,1-2H3. The number of aryl methyl sites for hydroxylation is 1. The van der Waals surface area contributed by atoms with Crippen LogP contribution in [-0.2, 0) is 13.6 Å². The summed E-state index contributed by atoms with van der Waals surface area (Å²) >= 11 is 0. The van der Waals surface area contributed by atoms with Crippen molar-refractivity contribution < 1.29 is 13.9 Å². The van der Waals surface area contributed by atoms with Gasteiger partial charge in [-0.3, -0.25) is 14.4 Å². The molecule has 0 atom stereocenters. The van der Waals surface area contributed by atoms with Crippen molar-refractivity contribution in [3.8, 4) is 5.75 Å². The van der Waals surface area contributed by atoms with Gasteiger partial charge in [0, 0.05) is 51.5 Å². The molecule has 128 valence electrons. The van der Waals surface area contributed by atoms with Crippen molar-refractivity contribution in [3.05, 3.63) is 47.5 Å². The number of hydrogen-bond donors (Lipinski definition) is 0. The molecule has 2 heterocycles. The molecule has 2 aromatic rings. The van der Waals surface area contributed by atoms with Crippen molar-refractivity contribution in [2.24, 2.45) is 7.05 Å². The van der Waals surface area contributed by atoms with Gasteiger partial charge in [-0.2, -0.15) is 5.10 Å². The largest absolute Gasteiger partial charge is 0.496 e. The molecule has 3 rings (SSSR count). The van der Waals surface area contributed by atoms with E-state index in [2.05, 4.69) is 10.00 Å². The number of ether oxygens (including phenoxy) is 1. The number of nitrogens with zero attached hydrogens (tertiary/aromatic N) is 4. The Bertz CT molecular complexity index is 723. The summed E-state index contributed by atoms with van der Waals surface area (Å²) in [5, 5.41) is 4.04. The summed E-state index contributed by atoms with van der Waals surface area (Å²) in [6, 6.07) is 4.55. The fourth-order valence-electron chi connectivity index (χ4n) is 2.93. The smallest absolute Gasteiger partial charge is 0.257 e. The molecule has 1 aromatic heterocycles. The number of methoxy groups -OCH3 is 1. The number of rotatable bonds is 4. The first-order valence-electron chi connectivity index (χ1n) is 7.89. The van der Waals surface area contributed by atoms with Gasteiger partial charge in [0.2, 0.25) is 0 Å². The van der Waals surface area contributed by atoms with Crippen molar-refractivity contribution in [2.75, 3.05) is 33.3 Å². The molecule has 1 aliphatic rings. The van der Waals surface area contributed by atoms with Gasteiger partial charge in [-0.15, -0.1) is 0 Å². The Kier molecular flexibility index (Phi) is 4.80. The summed E-state index contributed by atoms with van der Waals surface area (Å²) in [5.41, 5.74) is 1.43. The normalized spacial score (nSPS) is 15.5. The lowest BCUT2D eigenvalue weighted by Crippen LogP contribution is -2.48. The molecule has 0 spiro atoms. The van der Waals surface area contributed by atoms with E-state index in [1.165, 1.54) is 12.1 Å². The molecule has 0 N–H and O–H groups in total. The number of benzene rings is 1. The van der Waals surface area contributed by atoms with Crippen LogP contribution >= 0.6 is 0 Å². The average Bonchev–Trinajstić information content (AvgIpc) is 3.02. The summed E-state index contributed by atoms with van der Waals surface area (Å²) in [4.78, 5) is 16.4. The number of halogens is 1. The van der Waals surface area contributed by atoms with Gasteiger partial charge in [-0.25, -0.2) is 4.39 Å². The Labute approximate surface area is 140 Å². The zero-order chi connectivity index (χ0) is 17.1. The van der Waals surface area contributed by atoms with Gasteiger partial charge < -0.3 is 9.64 Å². The number of carbonyl (C=O) groups excluding carboxylic acids is 1. The molecule has 24 heavy (non-hydrogen) atoms.